The van der Waals surface area contributed by atoms with Gasteiger partial charge >= 0.3 is 5.97 Å². The van der Waals surface area contributed by atoms with Crippen LogP contribution in [0.2, 0.25) is 0 Å². The van der Waals surface area contributed by atoms with Gasteiger partial charge in [0.1, 0.15) is 6.61 Å². The minimum absolute atomic E-state index is 0.0258. The number of carbonyl (C=O) groups excluding carboxylic acids is 1. The molecule has 130 valence electrons. The van der Waals surface area contributed by atoms with Crippen LogP contribution in [0.25, 0.3) is 0 Å². The van der Waals surface area contributed by atoms with Crippen LogP contribution in [0.1, 0.15) is 26.2 Å². The Morgan fingerprint density at radius 3 is 2.55 bits per heavy atom. The molecule has 1 fully saturated rings. The average molecular weight is 319 g/mol. The maximum absolute atomic E-state index is 12.2. The molecule has 1 heterocycles. The number of nitrogens with zero attached hydrogens (tertiary/aromatic N) is 1. The largest absolute Gasteiger partial charge is 0.463 e. The third-order valence-corrected chi connectivity index (χ3v) is 3.71. The molecule has 22 heavy (non-hydrogen) atoms. The van der Waals surface area contributed by atoms with Gasteiger partial charge in [0.05, 0.1) is 31.3 Å². The number of carbonyl (C=O) groups is 1. The van der Waals surface area contributed by atoms with E-state index in [0.717, 1.165) is 12.8 Å². The lowest BCUT2D eigenvalue weighted by Crippen LogP contribution is -2.39. The molecule has 0 bridgehead atoms. The van der Waals surface area contributed by atoms with Crippen LogP contribution in [0.15, 0.2) is 0 Å². The van der Waals surface area contributed by atoms with E-state index in [1.54, 1.807) is 11.8 Å². The highest BCUT2D eigenvalue weighted by molar-refractivity contribution is 5.72. The number of aliphatic hydroxyl groups excluding tert-OH is 3. The van der Waals surface area contributed by atoms with Crippen LogP contribution in [0, 0.1) is 5.92 Å². The van der Waals surface area contributed by atoms with Crippen LogP contribution >= 0.6 is 0 Å². The minimum Gasteiger partial charge on any atom is -0.463 e. The standard InChI is InChI=1S/C15H29NO6/c1-12(19)9-13(10-16(4-6-17)5-7-18)15(20)22-11-14-3-2-8-21-14/h12-14,17-19H,2-11H2,1H3. The van der Waals surface area contributed by atoms with Crippen LogP contribution in [-0.4, -0.2) is 84.5 Å². The first-order chi connectivity index (χ1) is 10.6. The lowest BCUT2D eigenvalue weighted by atomic mass is 10.0. The van der Waals surface area contributed by atoms with Crippen molar-refractivity contribution < 1.29 is 29.6 Å². The van der Waals surface area contributed by atoms with E-state index in [9.17, 15) is 9.90 Å². The van der Waals surface area contributed by atoms with Gasteiger partial charge in [0.2, 0.25) is 0 Å². The molecule has 0 aliphatic carbocycles. The summed E-state index contributed by atoms with van der Waals surface area (Å²) in [6, 6.07) is 0. The van der Waals surface area contributed by atoms with Crippen molar-refractivity contribution in [1.29, 1.82) is 0 Å². The SMILES string of the molecule is CC(O)CC(CN(CCO)CCO)C(=O)OCC1CCCO1. The van der Waals surface area contributed by atoms with Crippen molar-refractivity contribution in [3.63, 3.8) is 0 Å². The highest BCUT2D eigenvalue weighted by Crippen LogP contribution is 2.15. The molecular weight excluding hydrogens is 290 g/mol. The Morgan fingerprint density at radius 2 is 2.05 bits per heavy atom. The van der Waals surface area contributed by atoms with Gasteiger partial charge in [0, 0.05) is 26.2 Å². The van der Waals surface area contributed by atoms with Gasteiger partial charge in [-0.3, -0.25) is 9.69 Å². The topological polar surface area (TPSA) is 99.5 Å². The van der Waals surface area contributed by atoms with E-state index < -0.39 is 12.0 Å². The Hall–Kier alpha value is -0.730. The van der Waals surface area contributed by atoms with Crippen molar-refractivity contribution in [3.05, 3.63) is 0 Å². The summed E-state index contributed by atoms with van der Waals surface area (Å²) in [5.74, 6) is -0.850. The van der Waals surface area contributed by atoms with Gasteiger partial charge in [0.15, 0.2) is 0 Å². The third kappa shape index (κ3) is 7.51. The van der Waals surface area contributed by atoms with Gasteiger partial charge in [0.25, 0.3) is 0 Å². The van der Waals surface area contributed by atoms with Gasteiger partial charge in [-0.25, -0.2) is 0 Å². The summed E-state index contributed by atoms with van der Waals surface area (Å²) < 4.78 is 10.7. The van der Waals surface area contributed by atoms with E-state index in [0.29, 0.717) is 26.2 Å². The summed E-state index contributed by atoms with van der Waals surface area (Å²) in [6.07, 6.45) is 1.53. The molecule has 1 aliphatic heterocycles. The lowest BCUT2D eigenvalue weighted by molar-refractivity contribution is -0.153. The van der Waals surface area contributed by atoms with E-state index in [-0.39, 0.29) is 38.3 Å². The minimum atomic E-state index is -0.620. The Labute approximate surface area is 131 Å². The molecule has 1 aliphatic rings. The number of rotatable bonds is 11. The Kier molecular flexibility index (Phi) is 9.58. The van der Waals surface area contributed by atoms with Gasteiger partial charge in [-0.05, 0) is 26.2 Å². The Morgan fingerprint density at radius 1 is 1.36 bits per heavy atom. The molecule has 1 rings (SSSR count). The third-order valence-electron chi connectivity index (χ3n) is 3.71. The number of hydrogen-bond acceptors (Lipinski definition) is 7. The zero-order chi connectivity index (χ0) is 16.4. The fourth-order valence-corrected chi connectivity index (χ4v) is 2.61. The second-order valence-corrected chi connectivity index (χ2v) is 5.79. The van der Waals surface area contributed by atoms with Crippen molar-refractivity contribution in [2.45, 2.75) is 38.4 Å². The first kappa shape index (κ1) is 19.3. The van der Waals surface area contributed by atoms with E-state index in [1.165, 1.54) is 0 Å². The molecule has 7 heteroatoms. The zero-order valence-corrected chi connectivity index (χ0v) is 13.3. The summed E-state index contributed by atoms with van der Waals surface area (Å²) in [6.45, 7) is 3.57. The molecule has 3 unspecified atom stereocenters. The average Bonchev–Trinajstić information content (AvgIpc) is 2.97. The monoisotopic (exact) mass is 319 g/mol. The van der Waals surface area contributed by atoms with E-state index in [4.69, 9.17) is 19.7 Å². The molecule has 0 spiro atoms. The van der Waals surface area contributed by atoms with E-state index in [1.807, 2.05) is 0 Å². The summed E-state index contributed by atoms with van der Waals surface area (Å²) in [4.78, 5) is 14.0. The van der Waals surface area contributed by atoms with E-state index in [2.05, 4.69) is 0 Å². The van der Waals surface area contributed by atoms with E-state index >= 15 is 0 Å². The fourth-order valence-electron chi connectivity index (χ4n) is 2.61. The second kappa shape index (κ2) is 10.9. The highest BCUT2D eigenvalue weighted by Gasteiger charge is 2.26. The smallest absolute Gasteiger partial charge is 0.310 e. The zero-order valence-electron chi connectivity index (χ0n) is 13.3. The molecular formula is C15H29NO6. The first-order valence-corrected chi connectivity index (χ1v) is 7.97. The van der Waals surface area contributed by atoms with Crippen LogP contribution in [0.5, 0.6) is 0 Å². The maximum Gasteiger partial charge on any atom is 0.310 e. The van der Waals surface area contributed by atoms with Gasteiger partial charge < -0.3 is 24.8 Å². The molecule has 0 amide bonds. The summed E-state index contributed by atoms with van der Waals surface area (Å²) in [5.41, 5.74) is 0. The van der Waals surface area contributed by atoms with Gasteiger partial charge in [-0.2, -0.15) is 0 Å². The second-order valence-electron chi connectivity index (χ2n) is 5.79. The fraction of sp³-hybridized carbons (Fsp3) is 0.933. The molecule has 0 aromatic heterocycles. The lowest BCUT2D eigenvalue weighted by Gasteiger charge is -2.26. The molecule has 0 radical (unpaired) electrons. The van der Waals surface area contributed by atoms with Crippen molar-refractivity contribution in [1.82, 2.24) is 4.90 Å². The first-order valence-electron chi connectivity index (χ1n) is 7.97. The van der Waals surface area contributed by atoms with Crippen molar-refractivity contribution in [3.8, 4) is 0 Å². The summed E-state index contributed by atoms with van der Waals surface area (Å²) in [7, 11) is 0. The molecule has 1 saturated heterocycles. The van der Waals surface area contributed by atoms with Gasteiger partial charge in [-0.15, -0.1) is 0 Å². The molecule has 0 aromatic carbocycles. The summed E-state index contributed by atoms with van der Waals surface area (Å²) in [5, 5.41) is 27.7. The molecule has 3 N–H and O–H groups in total. The summed E-state index contributed by atoms with van der Waals surface area (Å²) >= 11 is 0. The molecule has 3 atom stereocenters. The quantitative estimate of drug-likeness (QED) is 0.437. The number of hydrogen-bond donors (Lipinski definition) is 3. The molecule has 7 nitrogen and oxygen atoms in total. The number of aliphatic hydroxyl groups is 3. The Balaban J connectivity index is 2.50. The van der Waals surface area contributed by atoms with Crippen LogP contribution < -0.4 is 0 Å². The molecule has 0 aromatic rings. The maximum atomic E-state index is 12.2. The number of ether oxygens (including phenoxy) is 2. The predicted octanol–water partition coefficient (Wildman–Crippen LogP) is -0.618. The van der Waals surface area contributed by atoms with Crippen molar-refractivity contribution in [2.75, 3.05) is 46.1 Å². The highest BCUT2D eigenvalue weighted by atomic mass is 16.6. The van der Waals surface area contributed by atoms with Crippen LogP contribution in [-0.2, 0) is 14.3 Å². The Bertz CT molecular complexity index is 300. The van der Waals surface area contributed by atoms with Crippen LogP contribution in [0.4, 0.5) is 0 Å². The number of esters is 1. The van der Waals surface area contributed by atoms with Crippen molar-refractivity contribution >= 4 is 5.97 Å². The predicted molar refractivity (Wildman–Crippen MR) is 80.3 cm³/mol. The van der Waals surface area contributed by atoms with Gasteiger partial charge in [-0.1, -0.05) is 0 Å². The van der Waals surface area contributed by atoms with Crippen LogP contribution in [0.3, 0.4) is 0 Å². The normalized spacial score (nSPS) is 21.0. The van der Waals surface area contributed by atoms with Crippen molar-refractivity contribution in [2.24, 2.45) is 5.92 Å². The molecule has 0 saturated carbocycles.